The Kier molecular flexibility index (Phi) is 6.52. The van der Waals surface area contributed by atoms with Gasteiger partial charge in [-0.15, -0.1) is 0 Å². The minimum atomic E-state index is -0.162. The zero-order valence-corrected chi connectivity index (χ0v) is 21.8. The molecular weight excluding hydrogens is 444 g/mol. The number of nitrogens with one attached hydrogen (secondary N) is 2. The first kappa shape index (κ1) is 24.3. The van der Waals surface area contributed by atoms with Crippen LogP contribution >= 0.6 is 11.6 Å². The van der Waals surface area contributed by atoms with Crippen LogP contribution in [-0.2, 0) is 30.2 Å². The third-order valence-electron chi connectivity index (χ3n) is 6.37. The normalized spacial score (nSPS) is 15.8. The van der Waals surface area contributed by atoms with E-state index in [9.17, 15) is 4.79 Å². The van der Waals surface area contributed by atoms with Crippen LogP contribution in [-0.4, -0.2) is 21.9 Å². The molecular formula is C28H35ClN4O. The number of rotatable bonds is 4. The molecule has 1 heterocycles. The molecule has 0 unspecified atom stereocenters. The monoisotopic (exact) mass is 478 g/mol. The number of carbonyl (C=O) groups is 1. The predicted octanol–water partition coefficient (Wildman–Crippen LogP) is 6.09. The molecule has 0 fully saturated rings. The van der Waals surface area contributed by atoms with Gasteiger partial charge in [-0.25, -0.2) is 9.48 Å². The van der Waals surface area contributed by atoms with E-state index in [1.807, 2.05) is 28.9 Å². The Hall–Kier alpha value is -2.79. The summed E-state index contributed by atoms with van der Waals surface area (Å²) in [5.74, 6) is 0. The molecule has 2 amide bonds. The first-order valence-corrected chi connectivity index (χ1v) is 12.3. The van der Waals surface area contributed by atoms with E-state index in [1.165, 1.54) is 16.7 Å². The summed E-state index contributed by atoms with van der Waals surface area (Å²) in [6.45, 7) is 13.4. The Morgan fingerprint density at radius 1 is 1.00 bits per heavy atom. The molecule has 6 heteroatoms. The lowest BCUT2D eigenvalue weighted by atomic mass is 9.85. The number of nitrogens with zero attached hydrogens (tertiary/aromatic N) is 2. The molecule has 180 valence electrons. The SMILES string of the molecule is CC(C)(C)c1ccc2c(c1)C[C@H](NC(=O)NCc1cc(C(C)(C)C)nn1-c1cccc(Cl)c1)C2. The molecule has 0 radical (unpaired) electrons. The van der Waals surface area contributed by atoms with E-state index in [-0.39, 0.29) is 22.9 Å². The molecule has 5 nitrogen and oxygen atoms in total. The first-order chi connectivity index (χ1) is 15.9. The predicted molar refractivity (Wildman–Crippen MR) is 139 cm³/mol. The number of carbonyl (C=O) groups excluding carboxylic acids is 1. The lowest BCUT2D eigenvalue weighted by Crippen LogP contribution is -2.42. The third-order valence-corrected chi connectivity index (χ3v) is 6.61. The van der Waals surface area contributed by atoms with E-state index in [4.69, 9.17) is 16.7 Å². The highest BCUT2D eigenvalue weighted by molar-refractivity contribution is 6.30. The van der Waals surface area contributed by atoms with Crippen LogP contribution in [0.1, 0.15) is 69.6 Å². The van der Waals surface area contributed by atoms with Crippen LogP contribution in [0.2, 0.25) is 5.02 Å². The van der Waals surface area contributed by atoms with Gasteiger partial charge in [0, 0.05) is 16.5 Å². The molecule has 2 aromatic carbocycles. The summed E-state index contributed by atoms with van der Waals surface area (Å²) in [6, 6.07) is 16.3. The summed E-state index contributed by atoms with van der Waals surface area (Å²) in [5.41, 5.74) is 6.76. The van der Waals surface area contributed by atoms with Crippen molar-refractivity contribution in [1.29, 1.82) is 0 Å². The van der Waals surface area contributed by atoms with Crippen molar-refractivity contribution in [2.24, 2.45) is 0 Å². The average Bonchev–Trinajstić information content (AvgIpc) is 3.34. The lowest BCUT2D eigenvalue weighted by molar-refractivity contribution is 0.236. The molecule has 0 bridgehead atoms. The van der Waals surface area contributed by atoms with Crippen molar-refractivity contribution < 1.29 is 4.79 Å². The minimum absolute atomic E-state index is 0.105. The maximum Gasteiger partial charge on any atom is 0.315 e. The smallest absolute Gasteiger partial charge is 0.315 e. The van der Waals surface area contributed by atoms with Crippen molar-refractivity contribution in [2.75, 3.05) is 0 Å². The first-order valence-electron chi connectivity index (χ1n) is 11.9. The van der Waals surface area contributed by atoms with E-state index in [2.05, 4.69) is 76.4 Å². The molecule has 0 saturated heterocycles. The Balaban J connectivity index is 1.43. The van der Waals surface area contributed by atoms with Gasteiger partial charge in [0.05, 0.1) is 23.6 Å². The Morgan fingerprint density at radius 2 is 1.74 bits per heavy atom. The largest absolute Gasteiger partial charge is 0.335 e. The number of aromatic nitrogens is 2. The summed E-state index contributed by atoms with van der Waals surface area (Å²) >= 11 is 6.22. The molecule has 1 aromatic heterocycles. The lowest BCUT2D eigenvalue weighted by Gasteiger charge is -2.19. The van der Waals surface area contributed by atoms with Crippen LogP contribution in [0.4, 0.5) is 4.79 Å². The molecule has 3 aromatic rings. The molecule has 4 rings (SSSR count). The highest BCUT2D eigenvalue weighted by atomic mass is 35.5. The quantitative estimate of drug-likeness (QED) is 0.476. The standard InChI is InChI=1S/C28H35ClN4O/c1-27(2,3)20-11-10-18-13-22(14-19(18)12-20)31-26(34)30-17-24-16-25(28(4,5)6)32-33(24)23-9-7-8-21(29)15-23/h7-12,15-16,22H,13-14,17H2,1-6H3,(H2,30,31,34)/t22-/m1/s1. The molecule has 1 atom stereocenters. The maximum atomic E-state index is 12.8. The fraction of sp³-hybridized carbons (Fsp3) is 0.429. The Morgan fingerprint density at radius 3 is 2.41 bits per heavy atom. The number of urea groups is 1. The fourth-order valence-corrected chi connectivity index (χ4v) is 4.52. The van der Waals surface area contributed by atoms with E-state index in [0.29, 0.717) is 11.6 Å². The summed E-state index contributed by atoms with van der Waals surface area (Å²) in [7, 11) is 0. The van der Waals surface area contributed by atoms with Gasteiger partial charge in [0.15, 0.2) is 0 Å². The molecule has 0 saturated carbocycles. The molecule has 1 aliphatic carbocycles. The highest BCUT2D eigenvalue weighted by Crippen LogP contribution is 2.29. The van der Waals surface area contributed by atoms with Gasteiger partial charge in [-0.1, -0.05) is 77.4 Å². The second-order valence-corrected chi connectivity index (χ2v) is 11.8. The van der Waals surface area contributed by atoms with Gasteiger partial charge < -0.3 is 10.6 Å². The van der Waals surface area contributed by atoms with Gasteiger partial charge in [-0.05, 0) is 59.2 Å². The van der Waals surface area contributed by atoms with Gasteiger partial charge in [-0.2, -0.15) is 5.10 Å². The van der Waals surface area contributed by atoms with E-state index in [0.717, 1.165) is 29.9 Å². The summed E-state index contributed by atoms with van der Waals surface area (Å²) in [6.07, 6.45) is 1.73. The Bertz CT molecular complexity index is 1200. The molecule has 34 heavy (non-hydrogen) atoms. The molecule has 2 N–H and O–H groups in total. The van der Waals surface area contributed by atoms with Crippen molar-refractivity contribution in [3.8, 4) is 5.69 Å². The summed E-state index contributed by atoms with van der Waals surface area (Å²) < 4.78 is 1.87. The van der Waals surface area contributed by atoms with Crippen LogP contribution in [0.3, 0.4) is 0 Å². The number of hydrogen-bond donors (Lipinski definition) is 2. The van der Waals surface area contributed by atoms with Gasteiger partial charge >= 0.3 is 6.03 Å². The van der Waals surface area contributed by atoms with Crippen molar-refractivity contribution in [3.05, 3.63) is 81.6 Å². The maximum absolute atomic E-state index is 12.8. The van der Waals surface area contributed by atoms with Crippen LogP contribution in [0.15, 0.2) is 48.5 Å². The molecule has 0 aliphatic heterocycles. The zero-order chi connectivity index (χ0) is 24.7. The highest BCUT2D eigenvalue weighted by Gasteiger charge is 2.25. The summed E-state index contributed by atoms with van der Waals surface area (Å²) in [4.78, 5) is 12.8. The van der Waals surface area contributed by atoms with E-state index < -0.39 is 0 Å². The third kappa shape index (κ3) is 5.47. The van der Waals surface area contributed by atoms with Crippen molar-refractivity contribution >= 4 is 17.6 Å². The fourth-order valence-electron chi connectivity index (χ4n) is 4.34. The van der Waals surface area contributed by atoms with Gasteiger partial charge in [0.2, 0.25) is 0 Å². The number of hydrogen-bond acceptors (Lipinski definition) is 2. The molecule has 1 aliphatic rings. The van der Waals surface area contributed by atoms with Crippen molar-refractivity contribution in [1.82, 2.24) is 20.4 Å². The van der Waals surface area contributed by atoms with E-state index in [1.54, 1.807) is 0 Å². The van der Waals surface area contributed by atoms with Gasteiger partial charge in [0.1, 0.15) is 0 Å². The van der Waals surface area contributed by atoms with Crippen LogP contribution in [0, 0.1) is 0 Å². The number of amides is 2. The second kappa shape index (κ2) is 9.10. The minimum Gasteiger partial charge on any atom is -0.335 e. The topological polar surface area (TPSA) is 59.0 Å². The Labute approximate surface area is 207 Å². The van der Waals surface area contributed by atoms with E-state index >= 15 is 0 Å². The summed E-state index contributed by atoms with van der Waals surface area (Å²) in [5, 5.41) is 11.7. The number of halogens is 1. The van der Waals surface area contributed by atoms with Crippen LogP contribution < -0.4 is 10.6 Å². The van der Waals surface area contributed by atoms with Gasteiger partial charge in [-0.3, -0.25) is 0 Å². The van der Waals surface area contributed by atoms with Gasteiger partial charge in [0.25, 0.3) is 0 Å². The molecule has 0 spiro atoms. The van der Waals surface area contributed by atoms with Crippen LogP contribution in [0.5, 0.6) is 0 Å². The van der Waals surface area contributed by atoms with Crippen LogP contribution in [0.25, 0.3) is 5.69 Å². The van der Waals surface area contributed by atoms with Crippen molar-refractivity contribution in [2.45, 2.75) is 77.8 Å². The number of fused-ring (bicyclic) bond motifs is 1. The second-order valence-electron chi connectivity index (χ2n) is 11.3. The number of benzene rings is 2. The zero-order valence-electron chi connectivity index (χ0n) is 21.0. The van der Waals surface area contributed by atoms with Crippen molar-refractivity contribution in [3.63, 3.8) is 0 Å². The average molecular weight is 479 g/mol.